The highest BCUT2D eigenvalue weighted by Gasteiger charge is 2.28. The van der Waals surface area contributed by atoms with Crippen molar-refractivity contribution in [3.05, 3.63) is 28.2 Å². The lowest BCUT2D eigenvalue weighted by Gasteiger charge is -2.38. The van der Waals surface area contributed by atoms with E-state index in [2.05, 4.69) is 46.0 Å². The maximum atomic E-state index is 12.5. The van der Waals surface area contributed by atoms with E-state index in [4.69, 9.17) is 4.74 Å². The summed E-state index contributed by atoms with van der Waals surface area (Å²) in [5, 5.41) is 0. The average Bonchev–Trinajstić information content (AvgIpc) is 2.58. The number of hydrogen-bond acceptors (Lipinski definition) is 3. The van der Waals surface area contributed by atoms with Crippen molar-refractivity contribution in [1.29, 1.82) is 0 Å². The third kappa shape index (κ3) is 3.46. The van der Waals surface area contributed by atoms with Crippen LogP contribution in [0.2, 0.25) is 0 Å². The van der Waals surface area contributed by atoms with Crippen molar-refractivity contribution in [2.24, 2.45) is 5.92 Å². The summed E-state index contributed by atoms with van der Waals surface area (Å²) in [5.41, 5.74) is 2.48. The number of benzene rings is 1. The largest absolute Gasteiger partial charge is 0.381 e. The van der Waals surface area contributed by atoms with E-state index in [0.29, 0.717) is 5.91 Å². The average molecular weight is 367 g/mol. The van der Waals surface area contributed by atoms with Crippen LogP contribution in [-0.4, -0.2) is 50.2 Å². The van der Waals surface area contributed by atoms with Crippen LogP contribution in [0.4, 0.5) is 5.69 Å². The molecule has 1 aromatic rings. The van der Waals surface area contributed by atoms with E-state index in [1.165, 1.54) is 11.3 Å². The molecule has 0 atom stereocenters. The molecule has 0 radical (unpaired) electrons. The summed E-state index contributed by atoms with van der Waals surface area (Å²) in [5.74, 6) is 0.502. The Morgan fingerprint density at radius 2 is 1.86 bits per heavy atom. The minimum Gasteiger partial charge on any atom is -0.381 e. The van der Waals surface area contributed by atoms with Gasteiger partial charge in [-0.2, -0.15) is 0 Å². The standard InChI is InChI=1S/C17H23BrN2O2/c1-13-2-3-15(12-16(13)18)19-6-8-20(9-7-19)17(21)14-4-10-22-11-5-14/h2-3,12,14H,4-11H2,1H3. The summed E-state index contributed by atoms with van der Waals surface area (Å²) in [6.07, 6.45) is 1.76. The number of nitrogens with zero attached hydrogens (tertiary/aromatic N) is 2. The Morgan fingerprint density at radius 1 is 1.18 bits per heavy atom. The fourth-order valence-corrected chi connectivity index (χ4v) is 3.53. The van der Waals surface area contributed by atoms with Gasteiger partial charge >= 0.3 is 0 Å². The number of aryl methyl sites for hydroxylation is 1. The van der Waals surface area contributed by atoms with Crippen LogP contribution in [0.1, 0.15) is 18.4 Å². The molecule has 1 amide bonds. The van der Waals surface area contributed by atoms with Gasteiger partial charge in [-0.25, -0.2) is 0 Å². The van der Waals surface area contributed by atoms with Gasteiger partial charge in [-0.1, -0.05) is 22.0 Å². The lowest BCUT2D eigenvalue weighted by atomic mass is 9.98. The number of amides is 1. The third-order valence-corrected chi connectivity index (χ3v) is 5.54. The first-order valence-electron chi connectivity index (χ1n) is 8.03. The van der Waals surface area contributed by atoms with E-state index in [-0.39, 0.29) is 5.92 Å². The van der Waals surface area contributed by atoms with Gasteiger partial charge in [-0.3, -0.25) is 4.79 Å². The minimum atomic E-state index is 0.175. The topological polar surface area (TPSA) is 32.8 Å². The number of halogens is 1. The van der Waals surface area contributed by atoms with Crippen molar-refractivity contribution >= 4 is 27.5 Å². The zero-order valence-electron chi connectivity index (χ0n) is 13.1. The molecule has 5 heteroatoms. The number of carbonyl (C=O) groups excluding carboxylic acids is 1. The third-order valence-electron chi connectivity index (χ3n) is 4.68. The Kier molecular flexibility index (Phi) is 5.03. The molecule has 0 unspecified atom stereocenters. The fourth-order valence-electron chi connectivity index (χ4n) is 3.17. The van der Waals surface area contributed by atoms with Crippen LogP contribution in [-0.2, 0) is 9.53 Å². The number of piperazine rings is 1. The number of ether oxygens (including phenoxy) is 1. The van der Waals surface area contributed by atoms with Gasteiger partial charge in [-0.15, -0.1) is 0 Å². The van der Waals surface area contributed by atoms with Crippen molar-refractivity contribution < 1.29 is 9.53 Å². The quantitative estimate of drug-likeness (QED) is 0.806. The van der Waals surface area contributed by atoms with Crippen molar-refractivity contribution in [1.82, 2.24) is 4.90 Å². The van der Waals surface area contributed by atoms with Gasteiger partial charge in [0, 0.05) is 55.5 Å². The molecule has 1 aromatic carbocycles. The van der Waals surface area contributed by atoms with Gasteiger partial charge in [0.15, 0.2) is 0 Å². The molecule has 2 aliphatic rings. The molecule has 0 saturated carbocycles. The molecule has 2 fully saturated rings. The first kappa shape index (κ1) is 15.8. The summed E-state index contributed by atoms with van der Waals surface area (Å²) < 4.78 is 6.49. The van der Waals surface area contributed by atoms with Crippen LogP contribution in [0.15, 0.2) is 22.7 Å². The summed E-state index contributed by atoms with van der Waals surface area (Å²) in [7, 11) is 0. The first-order valence-corrected chi connectivity index (χ1v) is 8.82. The molecule has 22 heavy (non-hydrogen) atoms. The Labute approximate surface area is 140 Å². The van der Waals surface area contributed by atoms with Gasteiger partial charge < -0.3 is 14.5 Å². The van der Waals surface area contributed by atoms with E-state index in [9.17, 15) is 4.79 Å². The summed E-state index contributed by atoms with van der Waals surface area (Å²) in [6, 6.07) is 6.47. The van der Waals surface area contributed by atoms with E-state index in [1.807, 2.05) is 4.90 Å². The highest BCUT2D eigenvalue weighted by atomic mass is 79.9. The number of hydrogen-bond donors (Lipinski definition) is 0. The monoisotopic (exact) mass is 366 g/mol. The molecule has 2 saturated heterocycles. The molecular weight excluding hydrogens is 344 g/mol. The van der Waals surface area contributed by atoms with Crippen LogP contribution in [0.25, 0.3) is 0 Å². The predicted octanol–water partition coefficient (Wildman–Crippen LogP) is 2.83. The number of rotatable bonds is 2. The Balaban J connectivity index is 1.57. The minimum absolute atomic E-state index is 0.175. The van der Waals surface area contributed by atoms with Crippen LogP contribution in [0.3, 0.4) is 0 Å². The van der Waals surface area contributed by atoms with Crippen LogP contribution in [0.5, 0.6) is 0 Å². The van der Waals surface area contributed by atoms with Crippen LogP contribution >= 0.6 is 15.9 Å². The van der Waals surface area contributed by atoms with Gasteiger partial charge in [0.1, 0.15) is 0 Å². The molecule has 4 nitrogen and oxygen atoms in total. The highest BCUT2D eigenvalue weighted by molar-refractivity contribution is 9.10. The molecule has 0 bridgehead atoms. The Morgan fingerprint density at radius 3 is 2.50 bits per heavy atom. The number of carbonyl (C=O) groups is 1. The molecule has 2 aliphatic heterocycles. The van der Waals surface area contributed by atoms with Crippen molar-refractivity contribution in [2.75, 3.05) is 44.3 Å². The van der Waals surface area contributed by atoms with E-state index >= 15 is 0 Å². The van der Waals surface area contributed by atoms with Crippen LogP contribution in [0, 0.1) is 12.8 Å². The molecule has 0 aromatic heterocycles. The maximum absolute atomic E-state index is 12.5. The van der Waals surface area contributed by atoms with E-state index < -0.39 is 0 Å². The van der Waals surface area contributed by atoms with Crippen molar-refractivity contribution in [3.63, 3.8) is 0 Å². The van der Waals surface area contributed by atoms with Gasteiger partial charge in [0.05, 0.1) is 0 Å². The summed E-state index contributed by atoms with van der Waals surface area (Å²) >= 11 is 3.60. The lowest BCUT2D eigenvalue weighted by Crippen LogP contribution is -2.51. The number of anilines is 1. The molecule has 0 spiro atoms. The lowest BCUT2D eigenvalue weighted by molar-refractivity contribution is -0.138. The molecule has 3 rings (SSSR count). The SMILES string of the molecule is Cc1ccc(N2CCN(C(=O)C3CCOCC3)CC2)cc1Br. The normalized spacial score (nSPS) is 20.3. The smallest absolute Gasteiger partial charge is 0.225 e. The molecule has 0 N–H and O–H groups in total. The zero-order chi connectivity index (χ0) is 15.5. The van der Waals surface area contributed by atoms with Crippen molar-refractivity contribution in [2.45, 2.75) is 19.8 Å². The first-order chi connectivity index (χ1) is 10.6. The second-order valence-electron chi connectivity index (χ2n) is 6.13. The molecular formula is C17H23BrN2O2. The van der Waals surface area contributed by atoms with Gasteiger partial charge in [0.25, 0.3) is 0 Å². The fraction of sp³-hybridized carbons (Fsp3) is 0.588. The molecule has 120 valence electrons. The maximum Gasteiger partial charge on any atom is 0.225 e. The Hall–Kier alpha value is -1.07. The van der Waals surface area contributed by atoms with Gasteiger partial charge in [0.2, 0.25) is 5.91 Å². The second-order valence-corrected chi connectivity index (χ2v) is 6.99. The predicted molar refractivity (Wildman–Crippen MR) is 91.2 cm³/mol. The van der Waals surface area contributed by atoms with E-state index in [0.717, 1.165) is 56.7 Å². The summed E-state index contributed by atoms with van der Waals surface area (Å²) in [4.78, 5) is 16.9. The van der Waals surface area contributed by atoms with Crippen molar-refractivity contribution in [3.8, 4) is 0 Å². The highest BCUT2D eigenvalue weighted by Crippen LogP contribution is 2.25. The zero-order valence-corrected chi connectivity index (χ0v) is 14.6. The van der Waals surface area contributed by atoms with E-state index in [1.54, 1.807) is 0 Å². The molecule has 2 heterocycles. The van der Waals surface area contributed by atoms with Gasteiger partial charge in [-0.05, 0) is 37.5 Å². The second kappa shape index (κ2) is 7.01. The Bertz CT molecular complexity index is 535. The molecule has 0 aliphatic carbocycles. The van der Waals surface area contributed by atoms with Crippen LogP contribution < -0.4 is 4.90 Å². The summed E-state index contributed by atoms with van der Waals surface area (Å²) in [6.45, 7) is 7.01.